The number of aliphatic hydroxyl groups is 1. The highest BCUT2D eigenvalue weighted by Crippen LogP contribution is 2.41. The summed E-state index contributed by atoms with van der Waals surface area (Å²) in [5.41, 5.74) is 0.0733. The number of nitrogens with zero attached hydrogens (tertiary/aromatic N) is 2. The minimum absolute atomic E-state index is 0.0519. The van der Waals surface area contributed by atoms with Gasteiger partial charge in [0.2, 0.25) is 5.78 Å². The monoisotopic (exact) mass is 368 g/mol. The van der Waals surface area contributed by atoms with Crippen molar-refractivity contribution in [3.05, 3.63) is 83.0 Å². The molecule has 7 nitrogen and oxygen atoms in total. The second-order valence-electron chi connectivity index (χ2n) is 6.00. The fourth-order valence-corrected chi connectivity index (χ4v) is 3.07. The van der Waals surface area contributed by atoms with E-state index in [2.05, 4.69) is 5.16 Å². The van der Waals surface area contributed by atoms with Crippen molar-refractivity contribution in [2.75, 3.05) is 4.90 Å². The Kier molecular flexibility index (Phi) is 3.88. The molecule has 0 radical (unpaired) electrons. The fourth-order valence-electron chi connectivity index (χ4n) is 3.07. The number of aryl methyl sites for hydroxylation is 1. The quantitative estimate of drug-likeness (QED) is 0.708. The van der Waals surface area contributed by atoms with Crippen molar-refractivity contribution in [3.63, 3.8) is 0 Å². The number of benzene rings is 1. The number of Topliss-reactive ketones (excluding diaryl/α,β-unsaturated/α-hetero) is 1. The van der Waals surface area contributed by atoms with Gasteiger partial charge in [-0.05, 0) is 36.8 Å². The van der Waals surface area contributed by atoms with Crippen LogP contribution in [0.4, 0.5) is 10.2 Å². The van der Waals surface area contributed by atoms with Gasteiger partial charge in [0.15, 0.2) is 17.3 Å². The van der Waals surface area contributed by atoms with Gasteiger partial charge in [-0.2, -0.15) is 0 Å². The number of carbonyl (C=O) groups excluding carboxylic acids is 2. The van der Waals surface area contributed by atoms with E-state index in [1.165, 1.54) is 42.7 Å². The van der Waals surface area contributed by atoms with Crippen molar-refractivity contribution < 1.29 is 28.0 Å². The molecule has 1 aromatic carbocycles. The minimum atomic E-state index is -1.09. The molecule has 8 heteroatoms. The maximum atomic E-state index is 13.8. The van der Waals surface area contributed by atoms with Gasteiger partial charge in [-0.25, -0.2) is 4.39 Å². The Hall–Kier alpha value is -3.68. The van der Waals surface area contributed by atoms with Crippen LogP contribution < -0.4 is 4.90 Å². The van der Waals surface area contributed by atoms with Gasteiger partial charge >= 0.3 is 0 Å². The molecule has 2 aromatic heterocycles. The molecule has 4 rings (SSSR count). The first-order valence-electron chi connectivity index (χ1n) is 8.01. The van der Waals surface area contributed by atoms with Crippen molar-refractivity contribution >= 4 is 17.5 Å². The second kappa shape index (κ2) is 6.24. The number of ketones is 1. The number of halogens is 1. The number of aromatic nitrogens is 1. The van der Waals surface area contributed by atoms with Gasteiger partial charge in [-0.1, -0.05) is 17.3 Å². The Balaban J connectivity index is 1.89. The average molecular weight is 368 g/mol. The van der Waals surface area contributed by atoms with Gasteiger partial charge in [-0.15, -0.1) is 0 Å². The molecule has 0 fully saturated rings. The summed E-state index contributed by atoms with van der Waals surface area (Å²) in [5, 5.41) is 14.2. The molecule has 1 atom stereocenters. The maximum Gasteiger partial charge on any atom is 0.295 e. The molecule has 136 valence electrons. The van der Waals surface area contributed by atoms with E-state index in [9.17, 15) is 19.1 Å². The van der Waals surface area contributed by atoms with Gasteiger partial charge in [0.1, 0.15) is 11.6 Å². The van der Waals surface area contributed by atoms with Gasteiger partial charge in [-0.3, -0.25) is 14.5 Å². The Morgan fingerprint density at radius 3 is 2.70 bits per heavy atom. The number of rotatable bonds is 4. The van der Waals surface area contributed by atoms with Crippen LogP contribution in [0.1, 0.15) is 27.9 Å². The van der Waals surface area contributed by atoms with Crippen LogP contribution in [0.2, 0.25) is 0 Å². The maximum absolute atomic E-state index is 13.8. The highest BCUT2D eigenvalue weighted by atomic mass is 19.1. The van der Waals surface area contributed by atoms with Gasteiger partial charge in [0, 0.05) is 6.07 Å². The van der Waals surface area contributed by atoms with Crippen LogP contribution in [0.5, 0.6) is 0 Å². The zero-order valence-corrected chi connectivity index (χ0v) is 14.0. The van der Waals surface area contributed by atoms with E-state index in [1.807, 2.05) is 0 Å². The minimum Gasteiger partial charge on any atom is -0.503 e. The molecule has 0 saturated heterocycles. The van der Waals surface area contributed by atoms with E-state index < -0.39 is 29.3 Å². The lowest BCUT2D eigenvalue weighted by molar-refractivity contribution is -0.117. The van der Waals surface area contributed by atoms with E-state index in [0.717, 1.165) is 4.90 Å². The molecule has 3 aromatic rings. The van der Waals surface area contributed by atoms with E-state index in [-0.39, 0.29) is 17.2 Å². The molecular formula is C19H13FN2O5. The molecule has 1 aliphatic rings. The summed E-state index contributed by atoms with van der Waals surface area (Å²) in [4.78, 5) is 26.7. The Morgan fingerprint density at radius 2 is 2.07 bits per heavy atom. The lowest BCUT2D eigenvalue weighted by Crippen LogP contribution is -2.31. The first-order chi connectivity index (χ1) is 13.0. The largest absolute Gasteiger partial charge is 0.503 e. The summed E-state index contributed by atoms with van der Waals surface area (Å²) in [7, 11) is 0. The van der Waals surface area contributed by atoms with Crippen molar-refractivity contribution in [1.82, 2.24) is 5.16 Å². The average Bonchev–Trinajstić information content (AvgIpc) is 3.36. The first kappa shape index (κ1) is 16.8. The van der Waals surface area contributed by atoms with Gasteiger partial charge in [0.25, 0.3) is 5.91 Å². The summed E-state index contributed by atoms with van der Waals surface area (Å²) in [6.07, 6.45) is 1.30. The molecule has 0 aliphatic carbocycles. The zero-order valence-electron chi connectivity index (χ0n) is 14.0. The standard InChI is InChI=1S/C19H13FN2O5/c1-10-8-14(21-27-10)22-16(11-4-2-5-12(20)9-11)15(18(24)19(22)25)17(23)13-6-3-7-26-13/h2-9,16,24H,1H3/t16-/m0/s1. The number of hydrogen-bond donors (Lipinski definition) is 1. The molecule has 0 spiro atoms. The third-order valence-corrected chi connectivity index (χ3v) is 4.22. The predicted molar refractivity (Wildman–Crippen MR) is 90.6 cm³/mol. The molecule has 0 bridgehead atoms. The number of hydrogen-bond acceptors (Lipinski definition) is 6. The van der Waals surface area contributed by atoms with Crippen molar-refractivity contribution in [3.8, 4) is 0 Å². The SMILES string of the molecule is Cc1cc(N2C(=O)C(O)=C(C(=O)c3ccco3)[C@@H]2c2cccc(F)c2)no1. The first-order valence-corrected chi connectivity index (χ1v) is 8.01. The van der Waals surface area contributed by atoms with E-state index >= 15 is 0 Å². The van der Waals surface area contributed by atoms with Crippen LogP contribution >= 0.6 is 0 Å². The number of furan rings is 1. The zero-order chi connectivity index (χ0) is 19.1. The molecule has 27 heavy (non-hydrogen) atoms. The number of amides is 1. The normalized spacial score (nSPS) is 17.0. The Bertz CT molecular complexity index is 1070. The van der Waals surface area contributed by atoms with Gasteiger partial charge < -0.3 is 14.0 Å². The van der Waals surface area contributed by atoms with E-state index in [0.29, 0.717) is 11.3 Å². The van der Waals surface area contributed by atoms with Crippen LogP contribution in [0.3, 0.4) is 0 Å². The summed E-state index contributed by atoms with van der Waals surface area (Å²) < 4.78 is 24.0. The number of aliphatic hydroxyl groups excluding tert-OH is 1. The van der Waals surface area contributed by atoms with E-state index in [4.69, 9.17) is 8.94 Å². The highest BCUT2D eigenvalue weighted by Gasteiger charge is 2.46. The third kappa shape index (κ3) is 2.71. The van der Waals surface area contributed by atoms with Crippen molar-refractivity contribution in [2.24, 2.45) is 0 Å². The van der Waals surface area contributed by atoms with Crippen LogP contribution in [0, 0.1) is 12.7 Å². The van der Waals surface area contributed by atoms with Crippen LogP contribution in [-0.2, 0) is 4.79 Å². The fraction of sp³-hybridized carbons (Fsp3) is 0.105. The summed E-state index contributed by atoms with van der Waals surface area (Å²) >= 11 is 0. The molecule has 0 saturated carbocycles. The van der Waals surface area contributed by atoms with Crippen molar-refractivity contribution in [1.29, 1.82) is 0 Å². The van der Waals surface area contributed by atoms with Crippen LogP contribution in [0.15, 0.2) is 69.0 Å². The summed E-state index contributed by atoms with van der Waals surface area (Å²) in [6, 6.07) is 8.75. The summed E-state index contributed by atoms with van der Waals surface area (Å²) in [5.74, 6) is -2.33. The van der Waals surface area contributed by atoms with E-state index in [1.54, 1.807) is 13.0 Å². The number of carbonyl (C=O) groups is 2. The second-order valence-corrected chi connectivity index (χ2v) is 6.00. The molecule has 1 aliphatic heterocycles. The smallest absolute Gasteiger partial charge is 0.295 e. The third-order valence-electron chi connectivity index (χ3n) is 4.22. The summed E-state index contributed by atoms with van der Waals surface area (Å²) in [6.45, 7) is 1.64. The number of anilines is 1. The Labute approximate surface area is 152 Å². The molecule has 3 heterocycles. The molecule has 1 N–H and O–H groups in total. The van der Waals surface area contributed by atoms with Crippen LogP contribution in [-0.4, -0.2) is 22.0 Å². The Morgan fingerprint density at radius 1 is 1.26 bits per heavy atom. The van der Waals surface area contributed by atoms with Gasteiger partial charge in [0.05, 0.1) is 17.9 Å². The lowest BCUT2D eigenvalue weighted by atomic mass is 9.95. The topological polar surface area (TPSA) is 96.8 Å². The molecule has 1 amide bonds. The lowest BCUT2D eigenvalue weighted by Gasteiger charge is -2.24. The molecular weight excluding hydrogens is 355 g/mol. The van der Waals surface area contributed by atoms with Crippen LogP contribution in [0.25, 0.3) is 0 Å². The van der Waals surface area contributed by atoms with Crippen molar-refractivity contribution in [2.45, 2.75) is 13.0 Å². The molecule has 0 unspecified atom stereocenters. The predicted octanol–water partition coefficient (Wildman–Crippen LogP) is 3.50. The highest BCUT2D eigenvalue weighted by molar-refractivity contribution is 6.19.